The molecule has 1 aliphatic carbocycles. The van der Waals surface area contributed by atoms with Gasteiger partial charge in [0.25, 0.3) is 0 Å². The standard InChI is InChI=1S/C15H20N4O/c16-6-2-3-11-7-13(8-11)19-10-12(9-17-19)14-4-1-5-15(20)18-14/h1,4-5,9-11,13H,2-3,6-8,16H2,(H,18,20). The average Bonchev–Trinajstić information content (AvgIpc) is 2.86. The van der Waals surface area contributed by atoms with Gasteiger partial charge in [0.2, 0.25) is 5.56 Å². The lowest BCUT2D eigenvalue weighted by Crippen LogP contribution is -2.27. The summed E-state index contributed by atoms with van der Waals surface area (Å²) in [5, 5.41) is 4.43. The molecule has 106 valence electrons. The highest BCUT2D eigenvalue weighted by molar-refractivity contribution is 5.56. The summed E-state index contributed by atoms with van der Waals surface area (Å²) >= 11 is 0. The Morgan fingerprint density at radius 2 is 2.25 bits per heavy atom. The Balaban J connectivity index is 1.65. The van der Waals surface area contributed by atoms with Gasteiger partial charge in [0.05, 0.1) is 17.9 Å². The molecule has 0 amide bonds. The topological polar surface area (TPSA) is 76.7 Å². The first-order chi connectivity index (χ1) is 9.76. The Morgan fingerprint density at radius 3 is 3.00 bits per heavy atom. The van der Waals surface area contributed by atoms with Gasteiger partial charge >= 0.3 is 0 Å². The van der Waals surface area contributed by atoms with Crippen LogP contribution in [0.5, 0.6) is 0 Å². The van der Waals surface area contributed by atoms with Crippen molar-refractivity contribution in [2.45, 2.75) is 31.7 Å². The number of aromatic amines is 1. The second kappa shape index (κ2) is 5.63. The van der Waals surface area contributed by atoms with Crippen molar-refractivity contribution in [1.82, 2.24) is 14.8 Å². The second-order valence-corrected chi connectivity index (χ2v) is 5.56. The molecule has 0 spiro atoms. The smallest absolute Gasteiger partial charge is 0.248 e. The third kappa shape index (κ3) is 2.67. The molecule has 1 aliphatic rings. The van der Waals surface area contributed by atoms with Gasteiger partial charge in [-0.15, -0.1) is 0 Å². The monoisotopic (exact) mass is 272 g/mol. The van der Waals surface area contributed by atoms with Gasteiger partial charge < -0.3 is 10.7 Å². The van der Waals surface area contributed by atoms with Crippen LogP contribution in [0, 0.1) is 5.92 Å². The molecule has 0 bridgehead atoms. The van der Waals surface area contributed by atoms with Crippen LogP contribution in [0.4, 0.5) is 0 Å². The lowest BCUT2D eigenvalue weighted by molar-refractivity contribution is 0.171. The van der Waals surface area contributed by atoms with Gasteiger partial charge in [-0.05, 0) is 44.2 Å². The third-order valence-electron chi connectivity index (χ3n) is 4.08. The molecular weight excluding hydrogens is 252 g/mol. The van der Waals surface area contributed by atoms with E-state index in [-0.39, 0.29) is 5.56 Å². The molecule has 0 unspecified atom stereocenters. The zero-order valence-electron chi connectivity index (χ0n) is 11.5. The molecule has 5 heteroatoms. The van der Waals surface area contributed by atoms with E-state index < -0.39 is 0 Å². The van der Waals surface area contributed by atoms with Gasteiger partial charge in [0.15, 0.2) is 0 Å². The zero-order valence-corrected chi connectivity index (χ0v) is 11.5. The fourth-order valence-electron chi connectivity index (χ4n) is 2.85. The van der Waals surface area contributed by atoms with E-state index in [1.807, 2.05) is 23.1 Å². The maximum atomic E-state index is 11.3. The van der Waals surface area contributed by atoms with Gasteiger partial charge in [0.1, 0.15) is 0 Å². The van der Waals surface area contributed by atoms with E-state index in [4.69, 9.17) is 5.73 Å². The van der Waals surface area contributed by atoms with Crippen LogP contribution in [-0.4, -0.2) is 21.3 Å². The minimum atomic E-state index is -0.0826. The number of hydrogen-bond donors (Lipinski definition) is 2. The van der Waals surface area contributed by atoms with E-state index in [1.54, 1.807) is 6.07 Å². The maximum Gasteiger partial charge on any atom is 0.248 e. The van der Waals surface area contributed by atoms with Crippen molar-refractivity contribution in [1.29, 1.82) is 0 Å². The SMILES string of the molecule is NCCCC1CC(n2cc(-c3cccc(=O)[nH]3)cn2)C1. The van der Waals surface area contributed by atoms with E-state index in [9.17, 15) is 4.79 Å². The predicted molar refractivity (Wildman–Crippen MR) is 78.3 cm³/mol. The number of nitrogens with one attached hydrogen (secondary N) is 1. The second-order valence-electron chi connectivity index (χ2n) is 5.56. The van der Waals surface area contributed by atoms with Gasteiger partial charge in [-0.25, -0.2) is 0 Å². The van der Waals surface area contributed by atoms with Crippen molar-refractivity contribution in [3.8, 4) is 11.3 Å². The maximum absolute atomic E-state index is 11.3. The molecule has 20 heavy (non-hydrogen) atoms. The van der Waals surface area contributed by atoms with Gasteiger partial charge in [-0.2, -0.15) is 5.10 Å². The highest BCUT2D eigenvalue weighted by Crippen LogP contribution is 2.40. The van der Waals surface area contributed by atoms with Crippen molar-refractivity contribution in [3.05, 3.63) is 40.9 Å². The summed E-state index contributed by atoms with van der Waals surface area (Å²) in [4.78, 5) is 14.1. The fourth-order valence-corrected chi connectivity index (χ4v) is 2.85. The molecule has 5 nitrogen and oxygen atoms in total. The molecule has 3 rings (SSSR count). The highest BCUT2D eigenvalue weighted by atomic mass is 16.1. The van der Waals surface area contributed by atoms with Crippen LogP contribution in [0.15, 0.2) is 35.4 Å². The van der Waals surface area contributed by atoms with Crippen LogP contribution in [0.25, 0.3) is 11.3 Å². The van der Waals surface area contributed by atoms with E-state index in [2.05, 4.69) is 10.1 Å². The number of nitrogens with zero attached hydrogens (tertiary/aromatic N) is 2. The summed E-state index contributed by atoms with van der Waals surface area (Å²) in [7, 11) is 0. The largest absolute Gasteiger partial charge is 0.330 e. The van der Waals surface area contributed by atoms with Crippen molar-refractivity contribution < 1.29 is 0 Å². The normalized spacial score (nSPS) is 21.6. The fraction of sp³-hybridized carbons (Fsp3) is 0.467. The number of rotatable bonds is 5. The number of hydrogen-bond acceptors (Lipinski definition) is 3. The summed E-state index contributed by atoms with van der Waals surface area (Å²) in [6.07, 6.45) is 8.56. The highest BCUT2D eigenvalue weighted by Gasteiger charge is 2.30. The molecule has 0 aromatic carbocycles. The Labute approximate surface area is 117 Å². The van der Waals surface area contributed by atoms with Crippen LogP contribution in [0.3, 0.4) is 0 Å². The van der Waals surface area contributed by atoms with E-state index in [0.29, 0.717) is 6.04 Å². The first-order valence-electron chi connectivity index (χ1n) is 7.20. The number of H-pyrrole nitrogens is 1. The first-order valence-corrected chi connectivity index (χ1v) is 7.20. The van der Waals surface area contributed by atoms with Crippen LogP contribution in [0.1, 0.15) is 31.7 Å². The molecule has 2 aromatic heterocycles. The van der Waals surface area contributed by atoms with Crippen LogP contribution in [-0.2, 0) is 0 Å². The Hall–Kier alpha value is -1.88. The van der Waals surface area contributed by atoms with Crippen molar-refractivity contribution in [2.24, 2.45) is 11.7 Å². The third-order valence-corrected chi connectivity index (χ3v) is 4.08. The van der Waals surface area contributed by atoms with Crippen LogP contribution in [0.2, 0.25) is 0 Å². The molecular formula is C15H20N4O. The molecule has 3 N–H and O–H groups in total. The quantitative estimate of drug-likeness (QED) is 0.873. The van der Waals surface area contributed by atoms with Gasteiger partial charge in [0, 0.05) is 17.8 Å². The number of aromatic nitrogens is 3. The predicted octanol–water partition coefficient (Wildman–Crippen LogP) is 1.93. The molecule has 0 atom stereocenters. The molecule has 1 fully saturated rings. The summed E-state index contributed by atoms with van der Waals surface area (Å²) in [6.45, 7) is 0.786. The van der Waals surface area contributed by atoms with Crippen LogP contribution >= 0.6 is 0 Å². The van der Waals surface area contributed by atoms with Crippen molar-refractivity contribution in [2.75, 3.05) is 6.54 Å². The Bertz CT molecular complexity index is 625. The minimum absolute atomic E-state index is 0.0826. The molecule has 1 saturated carbocycles. The van der Waals surface area contributed by atoms with E-state index in [1.165, 1.54) is 25.3 Å². The van der Waals surface area contributed by atoms with Gasteiger partial charge in [-0.3, -0.25) is 9.48 Å². The Kier molecular flexibility index (Phi) is 3.69. The van der Waals surface area contributed by atoms with Crippen molar-refractivity contribution in [3.63, 3.8) is 0 Å². The molecule has 0 saturated heterocycles. The summed E-state index contributed by atoms with van der Waals surface area (Å²) in [6, 6.07) is 5.68. The summed E-state index contributed by atoms with van der Waals surface area (Å²) in [5.74, 6) is 0.799. The molecule has 2 aromatic rings. The molecule has 0 aliphatic heterocycles. The summed E-state index contributed by atoms with van der Waals surface area (Å²) < 4.78 is 2.03. The molecule has 2 heterocycles. The molecule has 0 radical (unpaired) electrons. The average molecular weight is 272 g/mol. The minimum Gasteiger partial charge on any atom is -0.330 e. The number of pyridine rings is 1. The van der Waals surface area contributed by atoms with E-state index in [0.717, 1.165) is 30.1 Å². The zero-order chi connectivity index (χ0) is 13.9. The lowest BCUT2D eigenvalue weighted by Gasteiger charge is -2.35. The summed E-state index contributed by atoms with van der Waals surface area (Å²) in [5.41, 5.74) is 7.24. The van der Waals surface area contributed by atoms with E-state index >= 15 is 0 Å². The Morgan fingerprint density at radius 1 is 1.40 bits per heavy atom. The van der Waals surface area contributed by atoms with Crippen LogP contribution < -0.4 is 11.3 Å². The number of nitrogens with two attached hydrogens (primary N) is 1. The van der Waals surface area contributed by atoms with Gasteiger partial charge in [-0.1, -0.05) is 6.07 Å². The first kappa shape index (κ1) is 13.1. The lowest BCUT2D eigenvalue weighted by atomic mass is 9.77. The van der Waals surface area contributed by atoms with Crippen molar-refractivity contribution >= 4 is 0 Å².